The van der Waals surface area contributed by atoms with E-state index in [2.05, 4.69) is 14.9 Å². The van der Waals surface area contributed by atoms with Crippen molar-refractivity contribution >= 4 is 11.7 Å². The van der Waals surface area contributed by atoms with Crippen molar-refractivity contribution < 1.29 is 14.2 Å². The first-order valence-corrected chi connectivity index (χ1v) is 4.88. The second kappa shape index (κ2) is 4.56. The highest BCUT2D eigenvalue weighted by molar-refractivity contribution is 5.99. The molecule has 0 bridgehead atoms. The molecule has 0 fully saturated rings. The van der Waals surface area contributed by atoms with Crippen molar-refractivity contribution in [2.45, 2.75) is 6.42 Å². The molecule has 17 heavy (non-hydrogen) atoms. The third kappa shape index (κ3) is 2.36. The van der Waals surface area contributed by atoms with Crippen LogP contribution in [0.1, 0.15) is 26.5 Å². The first kappa shape index (κ1) is 11.0. The molecule has 0 saturated carbocycles. The van der Waals surface area contributed by atoms with Crippen LogP contribution in [0.25, 0.3) is 0 Å². The highest BCUT2D eigenvalue weighted by Gasteiger charge is 2.18. The van der Waals surface area contributed by atoms with Crippen LogP contribution in [-0.4, -0.2) is 22.0 Å². The standard InChI is InChI=1S/C11H9N3O3/c12-11(16)10-8(13-17-14-10)6-9(15)7-4-2-1-3-5-7/h1-5H,6H2,(H2,12,16). The Kier molecular flexibility index (Phi) is 2.95. The Balaban J connectivity index is 2.19. The van der Waals surface area contributed by atoms with Gasteiger partial charge in [-0.25, -0.2) is 4.63 Å². The van der Waals surface area contributed by atoms with E-state index < -0.39 is 5.91 Å². The van der Waals surface area contributed by atoms with Crippen molar-refractivity contribution in [3.05, 3.63) is 47.3 Å². The van der Waals surface area contributed by atoms with Crippen LogP contribution < -0.4 is 5.73 Å². The Morgan fingerprint density at radius 2 is 1.88 bits per heavy atom. The summed E-state index contributed by atoms with van der Waals surface area (Å²) in [6, 6.07) is 8.68. The summed E-state index contributed by atoms with van der Waals surface area (Å²) in [4.78, 5) is 22.8. The molecule has 0 aliphatic carbocycles. The maximum Gasteiger partial charge on any atom is 0.272 e. The number of aromatic nitrogens is 2. The molecule has 1 aromatic heterocycles. The van der Waals surface area contributed by atoms with E-state index in [4.69, 9.17) is 5.73 Å². The van der Waals surface area contributed by atoms with Crippen molar-refractivity contribution in [3.63, 3.8) is 0 Å². The minimum Gasteiger partial charge on any atom is -0.364 e. The van der Waals surface area contributed by atoms with Gasteiger partial charge < -0.3 is 5.73 Å². The lowest BCUT2D eigenvalue weighted by Crippen LogP contribution is -2.15. The SMILES string of the molecule is NC(=O)c1nonc1CC(=O)c1ccccc1. The monoisotopic (exact) mass is 231 g/mol. The topological polar surface area (TPSA) is 99.1 Å². The van der Waals surface area contributed by atoms with E-state index in [-0.39, 0.29) is 23.6 Å². The van der Waals surface area contributed by atoms with Gasteiger partial charge in [0, 0.05) is 5.56 Å². The first-order chi connectivity index (χ1) is 8.18. The summed E-state index contributed by atoms with van der Waals surface area (Å²) in [6.07, 6.45) is -0.0637. The molecule has 1 aromatic carbocycles. The number of Topliss-reactive ketones (excluding diaryl/α,β-unsaturated/α-hetero) is 1. The molecular formula is C11H9N3O3. The van der Waals surface area contributed by atoms with E-state index in [1.54, 1.807) is 24.3 Å². The number of hydrogen-bond acceptors (Lipinski definition) is 5. The average Bonchev–Trinajstić information content (AvgIpc) is 2.78. The number of nitrogens with two attached hydrogens (primary N) is 1. The third-order valence-corrected chi connectivity index (χ3v) is 2.21. The van der Waals surface area contributed by atoms with E-state index in [0.29, 0.717) is 5.56 Å². The van der Waals surface area contributed by atoms with E-state index in [9.17, 15) is 9.59 Å². The Bertz CT molecular complexity index is 548. The molecule has 0 radical (unpaired) electrons. The lowest BCUT2D eigenvalue weighted by molar-refractivity contribution is 0.0989. The number of benzene rings is 1. The molecule has 86 valence electrons. The Hall–Kier alpha value is -2.50. The maximum absolute atomic E-state index is 11.8. The van der Waals surface area contributed by atoms with Gasteiger partial charge in [0.25, 0.3) is 5.91 Å². The second-order valence-electron chi connectivity index (χ2n) is 3.39. The van der Waals surface area contributed by atoms with Crippen LogP contribution in [-0.2, 0) is 6.42 Å². The van der Waals surface area contributed by atoms with Crippen LogP contribution in [0.15, 0.2) is 35.0 Å². The first-order valence-electron chi connectivity index (χ1n) is 4.88. The van der Waals surface area contributed by atoms with Crippen LogP contribution in [0.2, 0.25) is 0 Å². The zero-order chi connectivity index (χ0) is 12.3. The Morgan fingerprint density at radius 1 is 1.18 bits per heavy atom. The van der Waals surface area contributed by atoms with Gasteiger partial charge in [-0.3, -0.25) is 9.59 Å². The smallest absolute Gasteiger partial charge is 0.272 e. The molecule has 0 spiro atoms. The van der Waals surface area contributed by atoms with Crippen molar-refractivity contribution in [3.8, 4) is 0 Å². The predicted molar refractivity (Wildman–Crippen MR) is 57.3 cm³/mol. The molecular weight excluding hydrogens is 222 g/mol. The van der Waals surface area contributed by atoms with Gasteiger partial charge in [0.1, 0.15) is 5.69 Å². The summed E-state index contributed by atoms with van der Waals surface area (Å²) in [5.41, 5.74) is 5.65. The zero-order valence-electron chi connectivity index (χ0n) is 8.79. The van der Waals surface area contributed by atoms with Gasteiger partial charge in [-0.15, -0.1) is 0 Å². The number of nitrogens with zero attached hydrogens (tertiary/aromatic N) is 2. The molecule has 0 aliphatic rings. The van der Waals surface area contributed by atoms with E-state index in [1.165, 1.54) is 0 Å². The van der Waals surface area contributed by atoms with E-state index in [1.807, 2.05) is 6.07 Å². The van der Waals surface area contributed by atoms with E-state index in [0.717, 1.165) is 0 Å². The van der Waals surface area contributed by atoms with Crippen molar-refractivity contribution in [2.75, 3.05) is 0 Å². The average molecular weight is 231 g/mol. The van der Waals surface area contributed by atoms with Crippen molar-refractivity contribution in [1.29, 1.82) is 0 Å². The maximum atomic E-state index is 11.8. The highest BCUT2D eigenvalue weighted by Crippen LogP contribution is 2.08. The molecule has 2 aromatic rings. The Labute approximate surface area is 96.4 Å². The molecule has 0 unspecified atom stereocenters. The van der Waals surface area contributed by atoms with Crippen LogP contribution in [0, 0.1) is 0 Å². The van der Waals surface area contributed by atoms with Crippen LogP contribution in [0.4, 0.5) is 0 Å². The fourth-order valence-electron chi connectivity index (χ4n) is 1.39. The summed E-state index contributed by atoms with van der Waals surface area (Å²) >= 11 is 0. The lowest BCUT2D eigenvalue weighted by Gasteiger charge is -1.97. The van der Waals surface area contributed by atoms with Gasteiger partial charge in [0.15, 0.2) is 11.5 Å². The molecule has 0 atom stereocenters. The normalized spacial score (nSPS) is 10.1. The van der Waals surface area contributed by atoms with Crippen LogP contribution in [0.3, 0.4) is 0 Å². The van der Waals surface area contributed by atoms with Crippen LogP contribution in [0.5, 0.6) is 0 Å². The lowest BCUT2D eigenvalue weighted by atomic mass is 10.1. The summed E-state index contributed by atoms with van der Waals surface area (Å²) in [5.74, 6) is -0.939. The number of carbonyl (C=O) groups excluding carboxylic acids is 2. The fourth-order valence-corrected chi connectivity index (χ4v) is 1.39. The fraction of sp³-hybridized carbons (Fsp3) is 0.0909. The number of hydrogen-bond donors (Lipinski definition) is 1. The molecule has 1 heterocycles. The number of primary amides is 1. The number of carbonyl (C=O) groups is 2. The molecule has 1 amide bonds. The summed E-state index contributed by atoms with van der Waals surface area (Å²) in [5, 5.41) is 6.84. The minimum absolute atomic E-state index is 0.0637. The summed E-state index contributed by atoms with van der Waals surface area (Å²) < 4.78 is 4.39. The van der Waals surface area contributed by atoms with Gasteiger partial charge in [-0.1, -0.05) is 35.5 Å². The third-order valence-electron chi connectivity index (χ3n) is 2.21. The molecule has 2 rings (SSSR count). The number of amides is 1. The molecule has 6 nitrogen and oxygen atoms in total. The minimum atomic E-state index is -0.762. The van der Waals surface area contributed by atoms with Crippen molar-refractivity contribution in [1.82, 2.24) is 10.3 Å². The van der Waals surface area contributed by atoms with Gasteiger partial charge >= 0.3 is 0 Å². The molecule has 6 heteroatoms. The summed E-state index contributed by atoms with van der Waals surface area (Å²) in [6.45, 7) is 0. The number of rotatable bonds is 4. The van der Waals surface area contributed by atoms with Gasteiger partial charge in [0.2, 0.25) is 0 Å². The second-order valence-corrected chi connectivity index (χ2v) is 3.39. The van der Waals surface area contributed by atoms with Crippen molar-refractivity contribution in [2.24, 2.45) is 5.73 Å². The molecule has 0 aliphatic heterocycles. The number of ketones is 1. The highest BCUT2D eigenvalue weighted by atomic mass is 16.6. The van der Waals surface area contributed by atoms with Gasteiger partial charge in [-0.05, 0) is 5.16 Å². The van der Waals surface area contributed by atoms with E-state index >= 15 is 0 Å². The van der Waals surface area contributed by atoms with Crippen LogP contribution >= 0.6 is 0 Å². The molecule has 0 saturated heterocycles. The molecule has 2 N–H and O–H groups in total. The summed E-state index contributed by atoms with van der Waals surface area (Å²) in [7, 11) is 0. The predicted octanol–water partition coefficient (Wildman–Crippen LogP) is 0.594. The van der Waals surface area contributed by atoms with Gasteiger partial charge in [-0.2, -0.15) is 0 Å². The Morgan fingerprint density at radius 3 is 2.53 bits per heavy atom. The zero-order valence-corrected chi connectivity index (χ0v) is 8.79. The van der Waals surface area contributed by atoms with Gasteiger partial charge in [0.05, 0.1) is 6.42 Å². The quantitative estimate of drug-likeness (QED) is 0.776. The largest absolute Gasteiger partial charge is 0.364 e.